The minimum absolute atomic E-state index is 0.0136. The van der Waals surface area contributed by atoms with E-state index in [4.69, 9.17) is 5.11 Å². The molecule has 1 aromatic carbocycles. The first-order valence-corrected chi connectivity index (χ1v) is 5.94. The van der Waals surface area contributed by atoms with Gasteiger partial charge in [-0.2, -0.15) is 0 Å². The fourth-order valence-corrected chi connectivity index (χ4v) is 2.50. The molecule has 1 aliphatic heterocycles. The summed E-state index contributed by atoms with van der Waals surface area (Å²) in [6, 6.07) is 5.83. The number of hydrogen-bond acceptors (Lipinski definition) is 3. The third kappa shape index (κ3) is 1.72. The monoisotopic (exact) mass is 246 g/mol. The number of amides is 1. The van der Waals surface area contributed by atoms with Gasteiger partial charge in [-0.05, 0) is 30.2 Å². The van der Waals surface area contributed by atoms with Gasteiger partial charge in [-0.15, -0.1) is 0 Å². The van der Waals surface area contributed by atoms with Gasteiger partial charge in [0.05, 0.1) is 12.3 Å². The summed E-state index contributed by atoms with van der Waals surface area (Å²) in [5.74, 6) is -0.979. The maximum atomic E-state index is 11.3. The van der Waals surface area contributed by atoms with Crippen LogP contribution in [0.3, 0.4) is 0 Å². The molecule has 2 unspecified atom stereocenters. The van der Waals surface area contributed by atoms with Crippen molar-refractivity contribution in [1.82, 2.24) is 0 Å². The highest BCUT2D eigenvalue weighted by Gasteiger charge is 2.46. The number of carbonyl (C=O) groups is 2. The number of carbonyl (C=O) groups excluding carboxylic acids is 1. The van der Waals surface area contributed by atoms with Gasteiger partial charge in [-0.1, -0.05) is 0 Å². The molecule has 0 saturated heterocycles. The number of rotatable bonds is 3. The molecule has 0 bridgehead atoms. The van der Waals surface area contributed by atoms with Crippen LogP contribution in [0.25, 0.3) is 0 Å². The van der Waals surface area contributed by atoms with E-state index in [1.54, 1.807) is 0 Å². The molecule has 1 heterocycles. The Labute approximate surface area is 104 Å². The molecule has 0 spiro atoms. The van der Waals surface area contributed by atoms with E-state index in [-0.39, 0.29) is 17.9 Å². The average molecular weight is 246 g/mol. The summed E-state index contributed by atoms with van der Waals surface area (Å²) < 4.78 is 0. The van der Waals surface area contributed by atoms with E-state index >= 15 is 0 Å². The quantitative estimate of drug-likeness (QED) is 0.837. The standard InChI is InChI=1S/C13H14N2O3/c1-15(11-6-9(11)13(17)18)8-2-3-10-7(4-8)5-12(16)14-10/h2-4,9,11H,5-6H2,1H3,(H,14,16)(H,17,18). The predicted octanol–water partition coefficient (Wildman–Crippen LogP) is 1.09. The zero-order valence-corrected chi connectivity index (χ0v) is 10.0. The first kappa shape index (κ1) is 11.1. The van der Waals surface area contributed by atoms with E-state index in [1.165, 1.54) is 0 Å². The van der Waals surface area contributed by atoms with Gasteiger partial charge in [0.15, 0.2) is 0 Å². The minimum atomic E-state index is -0.732. The number of aliphatic carboxylic acids is 1. The van der Waals surface area contributed by atoms with Gasteiger partial charge in [0.1, 0.15) is 0 Å². The molecular formula is C13H14N2O3. The highest BCUT2D eigenvalue weighted by atomic mass is 16.4. The van der Waals surface area contributed by atoms with Crippen LogP contribution >= 0.6 is 0 Å². The molecule has 1 fully saturated rings. The summed E-state index contributed by atoms with van der Waals surface area (Å²) >= 11 is 0. The van der Waals surface area contributed by atoms with Gasteiger partial charge >= 0.3 is 5.97 Å². The van der Waals surface area contributed by atoms with E-state index in [1.807, 2.05) is 30.1 Å². The Kier molecular flexibility index (Phi) is 2.29. The number of nitrogens with one attached hydrogen (secondary N) is 1. The van der Waals surface area contributed by atoms with Crippen LogP contribution in [-0.2, 0) is 16.0 Å². The molecule has 2 aliphatic rings. The Bertz CT molecular complexity index is 541. The summed E-state index contributed by atoms with van der Waals surface area (Å²) in [5.41, 5.74) is 2.82. The number of nitrogens with zero attached hydrogens (tertiary/aromatic N) is 1. The maximum Gasteiger partial charge on any atom is 0.308 e. The summed E-state index contributed by atoms with van der Waals surface area (Å²) in [5, 5.41) is 11.7. The number of anilines is 2. The van der Waals surface area contributed by atoms with Crippen molar-refractivity contribution in [2.75, 3.05) is 17.3 Å². The molecule has 1 saturated carbocycles. The van der Waals surface area contributed by atoms with Crippen molar-refractivity contribution in [2.24, 2.45) is 5.92 Å². The van der Waals surface area contributed by atoms with E-state index in [0.29, 0.717) is 12.8 Å². The Morgan fingerprint density at radius 2 is 2.28 bits per heavy atom. The van der Waals surface area contributed by atoms with E-state index in [9.17, 15) is 9.59 Å². The fourth-order valence-electron chi connectivity index (χ4n) is 2.50. The SMILES string of the molecule is CN(c1ccc2c(c1)CC(=O)N2)C1CC1C(=O)O. The maximum absolute atomic E-state index is 11.3. The van der Waals surface area contributed by atoms with Gasteiger partial charge in [0.2, 0.25) is 5.91 Å². The molecule has 2 N–H and O–H groups in total. The van der Waals surface area contributed by atoms with Gasteiger partial charge in [-0.3, -0.25) is 9.59 Å². The second kappa shape index (κ2) is 3.73. The van der Waals surface area contributed by atoms with Crippen molar-refractivity contribution in [2.45, 2.75) is 18.9 Å². The van der Waals surface area contributed by atoms with Crippen molar-refractivity contribution in [3.05, 3.63) is 23.8 Å². The van der Waals surface area contributed by atoms with Crippen LogP contribution in [0, 0.1) is 5.92 Å². The van der Waals surface area contributed by atoms with Crippen molar-refractivity contribution in [1.29, 1.82) is 0 Å². The zero-order chi connectivity index (χ0) is 12.9. The second-order valence-corrected chi connectivity index (χ2v) is 4.93. The van der Waals surface area contributed by atoms with Gasteiger partial charge in [0, 0.05) is 24.5 Å². The Morgan fingerprint density at radius 3 is 2.94 bits per heavy atom. The molecule has 94 valence electrons. The molecule has 1 aliphatic carbocycles. The second-order valence-electron chi connectivity index (χ2n) is 4.93. The van der Waals surface area contributed by atoms with Crippen molar-refractivity contribution >= 4 is 23.3 Å². The topological polar surface area (TPSA) is 69.6 Å². The lowest BCUT2D eigenvalue weighted by Crippen LogP contribution is -2.23. The van der Waals surface area contributed by atoms with E-state index < -0.39 is 5.97 Å². The van der Waals surface area contributed by atoms with Crippen LogP contribution in [0.4, 0.5) is 11.4 Å². The number of benzene rings is 1. The van der Waals surface area contributed by atoms with E-state index in [2.05, 4.69) is 5.32 Å². The molecule has 0 radical (unpaired) electrons. The minimum Gasteiger partial charge on any atom is -0.481 e. The third-order valence-electron chi connectivity index (χ3n) is 3.69. The zero-order valence-electron chi connectivity index (χ0n) is 10.0. The number of fused-ring (bicyclic) bond motifs is 1. The number of carboxylic acid groups (broad SMARTS) is 1. The highest BCUT2D eigenvalue weighted by molar-refractivity contribution is 5.99. The summed E-state index contributed by atoms with van der Waals surface area (Å²) in [4.78, 5) is 24.1. The first-order valence-electron chi connectivity index (χ1n) is 5.94. The molecule has 1 aromatic rings. The Morgan fingerprint density at radius 1 is 1.50 bits per heavy atom. The molecule has 3 rings (SSSR count). The first-order chi connectivity index (χ1) is 8.56. The smallest absolute Gasteiger partial charge is 0.308 e. The largest absolute Gasteiger partial charge is 0.481 e. The predicted molar refractivity (Wildman–Crippen MR) is 66.7 cm³/mol. The third-order valence-corrected chi connectivity index (χ3v) is 3.69. The summed E-state index contributed by atoms with van der Waals surface area (Å²) in [6.07, 6.45) is 1.10. The van der Waals surface area contributed by atoms with Crippen LogP contribution in [0.2, 0.25) is 0 Å². The lowest BCUT2D eigenvalue weighted by Gasteiger charge is -2.19. The van der Waals surface area contributed by atoms with Crippen molar-refractivity contribution in [3.63, 3.8) is 0 Å². The summed E-state index contributed by atoms with van der Waals surface area (Å²) in [7, 11) is 1.90. The Hall–Kier alpha value is -2.04. The lowest BCUT2D eigenvalue weighted by molar-refractivity contribution is -0.138. The van der Waals surface area contributed by atoms with Crippen LogP contribution in [0.15, 0.2) is 18.2 Å². The number of carboxylic acids is 1. The van der Waals surface area contributed by atoms with Crippen LogP contribution in [0.1, 0.15) is 12.0 Å². The molecular weight excluding hydrogens is 232 g/mol. The average Bonchev–Trinajstić information content (AvgIpc) is 3.03. The van der Waals surface area contributed by atoms with Crippen LogP contribution in [-0.4, -0.2) is 30.1 Å². The normalized spacial score (nSPS) is 24.4. The van der Waals surface area contributed by atoms with Crippen molar-refractivity contribution < 1.29 is 14.7 Å². The van der Waals surface area contributed by atoms with Crippen molar-refractivity contribution in [3.8, 4) is 0 Å². The van der Waals surface area contributed by atoms with E-state index in [0.717, 1.165) is 16.9 Å². The molecule has 2 atom stereocenters. The number of hydrogen-bond donors (Lipinski definition) is 2. The molecule has 5 nitrogen and oxygen atoms in total. The molecule has 18 heavy (non-hydrogen) atoms. The lowest BCUT2D eigenvalue weighted by atomic mass is 10.1. The highest BCUT2D eigenvalue weighted by Crippen LogP contribution is 2.38. The van der Waals surface area contributed by atoms with Gasteiger partial charge < -0.3 is 15.3 Å². The fraction of sp³-hybridized carbons (Fsp3) is 0.385. The summed E-state index contributed by atoms with van der Waals surface area (Å²) in [6.45, 7) is 0. The molecule has 0 aromatic heterocycles. The van der Waals surface area contributed by atoms with Crippen LogP contribution in [0.5, 0.6) is 0 Å². The van der Waals surface area contributed by atoms with Crippen LogP contribution < -0.4 is 10.2 Å². The van der Waals surface area contributed by atoms with Gasteiger partial charge in [-0.25, -0.2) is 0 Å². The Balaban J connectivity index is 1.80. The molecule has 5 heteroatoms. The van der Waals surface area contributed by atoms with Gasteiger partial charge in [0.25, 0.3) is 0 Å². The molecule has 1 amide bonds.